The van der Waals surface area contributed by atoms with Gasteiger partial charge in [-0.1, -0.05) is 42.0 Å². The molecule has 9 nitrogen and oxygen atoms in total. The first-order chi connectivity index (χ1) is 17.9. The van der Waals surface area contributed by atoms with Crippen LogP contribution >= 0.6 is 0 Å². The predicted molar refractivity (Wildman–Crippen MR) is 150 cm³/mol. The monoisotopic (exact) mass is 559 g/mol. The minimum Gasteiger partial charge on any atom is -0.287 e. The minimum atomic E-state index is -3.90. The highest BCUT2D eigenvalue weighted by atomic mass is 32.2. The summed E-state index contributed by atoms with van der Waals surface area (Å²) in [5, 5.41) is 3.28. The average Bonchev–Trinajstić information content (AvgIpc) is 2.86. The lowest BCUT2D eigenvalue weighted by Crippen LogP contribution is -2.58. The van der Waals surface area contributed by atoms with Gasteiger partial charge in [0.2, 0.25) is 0 Å². The van der Waals surface area contributed by atoms with Gasteiger partial charge in [0.1, 0.15) is 0 Å². The molecule has 0 aromatic heterocycles. The van der Waals surface area contributed by atoms with Crippen LogP contribution in [0.4, 0.5) is 0 Å². The van der Waals surface area contributed by atoms with E-state index in [1.165, 1.54) is 0 Å². The molecule has 4 rings (SSSR count). The average molecular weight is 560 g/mol. The van der Waals surface area contributed by atoms with Crippen molar-refractivity contribution < 1.29 is 16.8 Å². The van der Waals surface area contributed by atoms with E-state index in [0.29, 0.717) is 24.9 Å². The van der Waals surface area contributed by atoms with Gasteiger partial charge in [0.05, 0.1) is 16.0 Å². The van der Waals surface area contributed by atoms with Crippen LogP contribution in [-0.2, 0) is 20.0 Å². The maximum atomic E-state index is 13.4. The second-order valence-electron chi connectivity index (χ2n) is 10.0. The predicted octanol–water partition coefficient (Wildman–Crippen LogP) is 3.27. The second kappa shape index (κ2) is 11.4. The first-order valence-electron chi connectivity index (χ1n) is 12.8. The van der Waals surface area contributed by atoms with E-state index in [4.69, 9.17) is 5.84 Å². The molecule has 1 saturated heterocycles. The molecule has 206 valence electrons. The summed E-state index contributed by atoms with van der Waals surface area (Å²) in [6.45, 7) is 9.76. The van der Waals surface area contributed by atoms with E-state index in [2.05, 4.69) is 9.73 Å². The summed E-state index contributed by atoms with van der Waals surface area (Å²) in [6, 6.07) is 16.0. The Kier molecular flexibility index (Phi) is 8.58. The van der Waals surface area contributed by atoms with E-state index in [-0.39, 0.29) is 22.5 Å². The zero-order valence-corrected chi connectivity index (χ0v) is 24.0. The second-order valence-corrected chi connectivity index (χ2v) is 13.5. The van der Waals surface area contributed by atoms with Crippen LogP contribution in [0.25, 0.3) is 10.8 Å². The van der Waals surface area contributed by atoms with Gasteiger partial charge in [0.25, 0.3) is 20.0 Å². The number of nitrogens with zero attached hydrogens (tertiary/aromatic N) is 3. The highest BCUT2D eigenvalue weighted by Crippen LogP contribution is 2.29. The molecule has 0 bridgehead atoms. The summed E-state index contributed by atoms with van der Waals surface area (Å²) in [4.78, 5) is 5.28. The standard InChI is InChI=1S/C27H37N5O4S2/c1-20-10-12-24(13-11-20)37(33,34)29-31-16-6-14-30(23(31)4)15-7-17-32(28)38(35,36)27-19-21(2)18-26-22(3)8-5-9-25(26)27/h5,8-13,18-19,23,29H,6-7,14-17,28H2,1-4H3. The molecule has 0 saturated carbocycles. The zero-order valence-electron chi connectivity index (χ0n) is 22.4. The van der Waals surface area contributed by atoms with E-state index in [1.54, 1.807) is 35.3 Å². The fourth-order valence-corrected chi connectivity index (χ4v) is 7.46. The third kappa shape index (κ3) is 6.09. The fourth-order valence-electron chi connectivity index (χ4n) is 4.89. The molecule has 11 heteroatoms. The molecule has 0 amide bonds. The molecular formula is C27H37N5O4S2. The fraction of sp³-hybridized carbons (Fsp3) is 0.407. The van der Waals surface area contributed by atoms with Crippen LogP contribution in [0.5, 0.6) is 0 Å². The number of aryl methyl sites for hydroxylation is 3. The highest BCUT2D eigenvalue weighted by Gasteiger charge is 2.30. The number of hydrazine groups is 2. The van der Waals surface area contributed by atoms with Gasteiger partial charge in [-0.25, -0.2) is 21.8 Å². The third-order valence-corrected chi connectivity index (χ3v) is 10.2. The van der Waals surface area contributed by atoms with Gasteiger partial charge in [-0.05, 0) is 75.2 Å². The number of benzene rings is 3. The van der Waals surface area contributed by atoms with Crippen molar-refractivity contribution in [3.05, 3.63) is 71.3 Å². The smallest absolute Gasteiger partial charge is 0.256 e. The zero-order chi connectivity index (χ0) is 27.7. The van der Waals surface area contributed by atoms with Crippen molar-refractivity contribution in [2.75, 3.05) is 26.2 Å². The summed E-state index contributed by atoms with van der Waals surface area (Å²) in [5.41, 5.74) is 2.85. The summed E-state index contributed by atoms with van der Waals surface area (Å²) in [5.74, 6) is 6.12. The van der Waals surface area contributed by atoms with Crippen LogP contribution in [0.15, 0.2) is 64.4 Å². The van der Waals surface area contributed by atoms with E-state index in [0.717, 1.165) is 39.5 Å². The van der Waals surface area contributed by atoms with Crippen molar-refractivity contribution in [3.63, 3.8) is 0 Å². The van der Waals surface area contributed by atoms with Crippen LogP contribution in [0.3, 0.4) is 0 Å². The van der Waals surface area contributed by atoms with Crippen molar-refractivity contribution >= 4 is 30.8 Å². The molecule has 1 atom stereocenters. The SMILES string of the molecule is Cc1ccc(S(=O)(=O)NN2CCCN(CCCN(N)S(=O)(=O)c3cc(C)cc4c(C)cccc34)C2C)cc1. The first-order valence-corrected chi connectivity index (χ1v) is 15.7. The summed E-state index contributed by atoms with van der Waals surface area (Å²) in [7, 11) is -7.60. The van der Waals surface area contributed by atoms with Gasteiger partial charge in [-0.15, -0.1) is 9.25 Å². The van der Waals surface area contributed by atoms with Gasteiger partial charge < -0.3 is 0 Å². The number of sulfonamides is 2. The summed E-state index contributed by atoms with van der Waals surface area (Å²) in [6.07, 6.45) is 1.08. The van der Waals surface area contributed by atoms with Crippen molar-refractivity contribution in [1.29, 1.82) is 0 Å². The number of nitrogens with one attached hydrogen (secondary N) is 1. The lowest BCUT2D eigenvalue weighted by Gasteiger charge is -2.41. The molecule has 0 aliphatic carbocycles. The quantitative estimate of drug-likeness (QED) is 0.305. The molecule has 1 fully saturated rings. The van der Waals surface area contributed by atoms with Crippen LogP contribution < -0.4 is 10.7 Å². The number of fused-ring (bicyclic) bond motifs is 1. The number of nitrogens with two attached hydrogens (primary N) is 1. The lowest BCUT2D eigenvalue weighted by molar-refractivity contribution is -0.000830. The maximum Gasteiger partial charge on any atom is 0.256 e. The molecule has 3 aromatic carbocycles. The van der Waals surface area contributed by atoms with E-state index in [9.17, 15) is 16.8 Å². The van der Waals surface area contributed by atoms with E-state index in [1.807, 2.05) is 52.0 Å². The molecule has 0 spiro atoms. The van der Waals surface area contributed by atoms with Gasteiger partial charge in [-0.2, -0.15) is 0 Å². The first kappa shape index (κ1) is 28.6. The van der Waals surface area contributed by atoms with E-state index < -0.39 is 20.0 Å². The van der Waals surface area contributed by atoms with Crippen LogP contribution in [-0.4, -0.2) is 63.5 Å². The lowest BCUT2D eigenvalue weighted by atomic mass is 10.0. The number of hydrogen-bond acceptors (Lipinski definition) is 7. The Labute approximate surface area is 226 Å². The molecular weight excluding hydrogens is 522 g/mol. The highest BCUT2D eigenvalue weighted by molar-refractivity contribution is 7.89. The Morgan fingerprint density at radius 3 is 2.37 bits per heavy atom. The van der Waals surface area contributed by atoms with Crippen LogP contribution in [0.2, 0.25) is 0 Å². The van der Waals surface area contributed by atoms with Crippen molar-refractivity contribution in [1.82, 2.24) is 19.2 Å². The molecule has 1 heterocycles. The Bertz CT molecular complexity index is 1510. The normalized spacial score (nSPS) is 17.9. The van der Waals surface area contributed by atoms with Gasteiger partial charge in [0, 0.05) is 31.6 Å². The Morgan fingerprint density at radius 1 is 0.947 bits per heavy atom. The Balaban J connectivity index is 1.40. The number of hydrogen-bond donors (Lipinski definition) is 2. The van der Waals surface area contributed by atoms with Crippen molar-refractivity contribution in [2.24, 2.45) is 5.84 Å². The topological polar surface area (TPSA) is 116 Å². The van der Waals surface area contributed by atoms with E-state index >= 15 is 0 Å². The van der Waals surface area contributed by atoms with Crippen molar-refractivity contribution in [2.45, 2.75) is 56.5 Å². The minimum absolute atomic E-state index is 0.141. The molecule has 1 aliphatic heterocycles. The molecule has 1 unspecified atom stereocenters. The molecule has 38 heavy (non-hydrogen) atoms. The Morgan fingerprint density at radius 2 is 1.66 bits per heavy atom. The van der Waals surface area contributed by atoms with Gasteiger partial charge in [0.15, 0.2) is 0 Å². The van der Waals surface area contributed by atoms with Gasteiger partial charge >= 0.3 is 0 Å². The summed E-state index contributed by atoms with van der Waals surface area (Å²) >= 11 is 0. The van der Waals surface area contributed by atoms with Crippen LogP contribution in [0.1, 0.15) is 36.5 Å². The molecule has 1 aliphatic rings. The Hall–Kier alpha value is -2.38. The largest absolute Gasteiger partial charge is 0.287 e. The number of rotatable bonds is 9. The summed E-state index contributed by atoms with van der Waals surface area (Å²) < 4.78 is 53.6. The van der Waals surface area contributed by atoms with Crippen molar-refractivity contribution in [3.8, 4) is 0 Å². The van der Waals surface area contributed by atoms with Crippen LogP contribution in [0, 0.1) is 20.8 Å². The van der Waals surface area contributed by atoms with Gasteiger partial charge in [-0.3, -0.25) is 10.7 Å². The molecule has 0 radical (unpaired) electrons. The molecule has 3 aromatic rings. The maximum absolute atomic E-state index is 13.4. The third-order valence-electron chi connectivity index (χ3n) is 7.12. The molecule has 3 N–H and O–H groups in total.